The van der Waals surface area contributed by atoms with Crippen molar-refractivity contribution in [2.45, 2.75) is 25.9 Å². The second-order valence-corrected chi connectivity index (χ2v) is 7.42. The molecule has 0 spiro atoms. The number of benzene rings is 2. The Morgan fingerprint density at radius 1 is 1.19 bits per heavy atom. The molecule has 8 nitrogen and oxygen atoms in total. The Morgan fingerprint density at radius 3 is 2.77 bits per heavy atom. The zero-order valence-electron chi connectivity index (χ0n) is 17.3. The van der Waals surface area contributed by atoms with Crippen LogP contribution in [-0.2, 0) is 22.7 Å². The van der Waals surface area contributed by atoms with Crippen LogP contribution < -0.4 is 10.1 Å². The van der Waals surface area contributed by atoms with Gasteiger partial charge < -0.3 is 19.5 Å². The van der Waals surface area contributed by atoms with Crippen LogP contribution in [0.2, 0.25) is 0 Å². The number of piperidine rings is 1. The first kappa shape index (κ1) is 20.6. The van der Waals surface area contributed by atoms with Crippen molar-refractivity contribution in [3.05, 3.63) is 66.0 Å². The maximum Gasteiger partial charge on any atom is 0.257 e. The summed E-state index contributed by atoms with van der Waals surface area (Å²) in [6.45, 7) is 0.953. The second kappa shape index (κ2) is 9.42. The summed E-state index contributed by atoms with van der Waals surface area (Å²) in [4.78, 5) is 31.2. The topological polar surface area (TPSA) is 97.6 Å². The van der Waals surface area contributed by atoms with Crippen LogP contribution in [0.1, 0.15) is 24.2 Å². The Bertz CT molecular complexity index is 1050. The van der Waals surface area contributed by atoms with Crippen molar-refractivity contribution in [3.63, 3.8) is 0 Å². The number of para-hydroxylation sites is 1. The third-order valence-electron chi connectivity index (χ3n) is 5.33. The summed E-state index contributed by atoms with van der Waals surface area (Å²) >= 11 is 0. The van der Waals surface area contributed by atoms with E-state index in [9.17, 15) is 9.59 Å². The highest BCUT2D eigenvalue weighted by molar-refractivity contribution is 5.83. The minimum Gasteiger partial charge on any atom is -0.496 e. The third kappa shape index (κ3) is 4.91. The molecule has 1 atom stereocenters. The number of nitrogens with zero attached hydrogens (tertiary/aromatic N) is 3. The molecule has 1 fully saturated rings. The number of hydrogen-bond acceptors (Lipinski definition) is 6. The number of rotatable bonds is 7. The number of methoxy groups -OCH3 is 1. The highest BCUT2D eigenvalue weighted by atomic mass is 16.5. The molecule has 0 bridgehead atoms. The minimum atomic E-state index is -0.284. The summed E-state index contributed by atoms with van der Waals surface area (Å²) in [5.41, 5.74) is 1.74. The number of ether oxygens (including phenoxy) is 1. The van der Waals surface area contributed by atoms with Crippen molar-refractivity contribution in [2.75, 3.05) is 13.7 Å². The summed E-state index contributed by atoms with van der Waals surface area (Å²) in [6.07, 6.45) is 0.863. The van der Waals surface area contributed by atoms with E-state index in [2.05, 4.69) is 15.5 Å². The average molecular weight is 420 g/mol. The molecule has 3 aromatic rings. The van der Waals surface area contributed by atoms with Crippen LogP contribution in [0.25, 0.3) is 11.5 Å². The van der Waals surface area contributed by atoms with Crippen molar-refractivity contribution >= 4 is 11.8 Å². The fraction of sp³-hybridized carbons (Fsp3) is 0.304. The summed E-state index contributed by atoms with van der Waals surface area (Å²) in [5, 5.41) is 6.80. The van der Waals surface area contributed by atoms with E-state index < -0.39 is 0 Å². The molecule has 4 rings (SSSR count). The van der Waals surface area contributed by atoms with Crippen molar-refractivity contribution < 1.29 is 18.8 Å². The molecular weight excluding hydrogens is 396 g/mol. The maximum atomic E-state index is 12.7. The fourth-order valence-corrected chi connectivity index (χ4v) is 3.66. The standard InChI is InChI=1S/C23H24N4O4/c1-30-19-10-6-5-9-17(19)14-27-15-18(11-12-21(27)28)22(29)24-13-20-25-23(31-26-20)16-7-3-2-4-8-16/h2-10,18H,11-15H2,1H3,(H,24,29)/t18-/m0/s1. The van der Waals surface area contributed by atoms with Crippen molar-refractivity contribution in [1.29, 1.82) is 0 Å². The van der Waals surface area contributed by atoms with E-state index in [1.165, 1.54) is 0 Å². The quantitative estimate of drug-likeness (QED) is 0.631. The third-order valence-corrected chi connectivity index (χ3v) is 5.33. The second-order valence-electron chi connectivity index (χ2n) is 7.42. The van der Waals surface area contributed by atoms with Gasteiger partial charge >= 0.3 is 0 Å². The van der Waals surface area contributed by atoms with E-state index >= 15 is 0 Å². The maximum absolute atomic E-state index is 12.7. The normalized spacial score (nSPS) is 16.2. The summed E-state index contributed by atoms with van der Waals surface area (Å²) < 4.78 is 10.6. The van der Waals surface area contributed by atoms with Gasteiger partial charge in [-0.1, -0.05) is 41.6 Å². The number of likely N-dealkylation sites (tertiary alicyclic amines) is 1. The Balaban J connectivity index is 1.34. The van der Waals surface area contributed by atoms with Gasteiger partial charge in [-0.2, -0.15) is 4.98 Å². The number of hydrogen-bond donors (Lipinski definition) is 1. The summed E-state index contributed by atoms with van der Waals surface area (Å²) in [7, 11) is 1.61. The van der Waals surface area contributed by atoms with Gasteiger partial charge in [-0.15, -0.1) is 0 Å². The van der Waals surface area contributed by atoms with Crippen LogP contribution in [0.4, 0.5) is 0 Å². The van der Waals surface area contributed by atoms with E-state index in [1.807, 2.05) is 54.6 Å². The van der Waals surface area contributed by atoms with Gasteiger partial charge in [0.1, 0.15) is 5.75 Å². The molecule has 0 saturated carbocycles. The molecular formula is C23H24N4O4. The molecule has 2 heterocycles. The molecule has 8 heteroatoms. The molecule has 2 aromatic carbocycles. The zero-order chi connectivity index (χ0) is 21.6. The molecule has 160 valence electrons. The molecule has 2 amide bonds. The predicted molar refractivity (Wildman–Crippen MR) is 113 cm³/mol. The molecule has 0 radical (unpaired) electrons. The van der Waals surface area contributed by atoms with Crippen LogP contribution >= 0.6 is 0 Å². The summed E-state index contributed by atoms with van der Waals surface area (Å²) in [5.74, 6) is 1.19. The van der Waals surface area contributed by atoms with Gasteiger partial charge in [0.05, 0.1) is 19.6 Å². The first-order valence-electron chi connectivity index (χ1n) is 10.2. The van der Waals surface area contributed by atoms with Gasteiger partial charge in [0.2, 0.25) is 11.8 Å². The van der Waals surface area contributed by atoms with E-state index in [4.69, 9.17) is 9.26 Å². The lowest BCUT2D eigenvalue weighted by Gasteiger charge is -2.32. The van der Waals surface area contributed by atoms with Crippen LogP contribution in [-0.4, -0.2) is 40.5 Å². The number of amides is 2. The zero-order valence-corrected chi connectivity index (χ0v) is 17.3. The predicted octanol–water partition coefficient (Wildman–Crippen LogP) is 2.80. The fourth-order valence-electron chi connectivity index (χ4n) is 3.66. The van der Waals surface area contributed by atoms with Gasteiger partial charge in [0.15, 0.2) is 5.82 Å². The van der Waals surface area contributed by atoms with Gasteiger partial charge in [-0.3, -0.25) is 9.59 Å². The highest BCUT2D eigenvalue weighted by Gasteiger charge is 2.30. The van der Waals surface area contributed by atoms with Crippen molar-refractivity contribution in [3.8, 4) is 17.2 Å². The molecule has 0 unspecified atom stereocenters. The molecule has 0 aliphatic carbocycles. The monoisotopic (exact) mass is 420 g/mol. The van der Waals surface area contributed by atoms with Crippen molar-refractivity contribution in [1.82, 2.24) is 20.4 Å². The Labute approximate surface area is 180 Å². The van der Waals surface area contributed by atoms with E-state index in [0.717, 1.165) is 16.9 Å². The smallest absolute Gasteiger partial charge is 0.257 e. The van der Waals surface area contributed by atoms with Gasteiger partial charge in [0, 0.05) is 30.6 Å². The highest BCUT2D eigenvalue weighted by Crippen LogP contribution is 2.24. The summed E-state index contributed by atoms with van der Waals surface area (Å²) in [6, 6.07) is 17.0. The average Bonchev–Trinajstić information content (AvgIpc) is 3.29. The Hall–Kier alpha value is -3.68. The van der Waals surface area contributed by atoms with Gasteiger partial charge in [-0.05, 0) is 24.6 Å². The van der Waals surface area contributed by atoms with Crippen molar-refractivity contribution in [2.24, 2.45) is 5.92 Å². The molecule has 31 heavy (non-hydrogen) atoms. The largest absolute Gasteiger partial charge is 0.496 e. The number of carbonyl (C=O) groups excluding carboxylic acids is 2. The first-order chi connectivity index (χ1) is 15.1. The van der Waals surface area contributed by atoms with Crippen LogP contribution in [0, 0.1) is 5.92 Å². The van der Waals surface area contributed by atoms with Crippen LogP contribution in [0.5, 0.6) is 5.75 Å². The lowest BCUT2D eigenvalue weighted by molar-refractivity contribution is -0.139. The Morgan fingerprint density at radius 2 is 1.97 bits per heavy atom. The minimum absolute atomic E-state index is 0.0422. The first-order valence-corrected chi connectivity index (χ1v) is 10.2. The number of carbonyl (C=O) groups is 2. The SMILES string of the molecule is COc1ccccc1CN1C[C@@H](C(=O)NCc2noc(-c3ccccc3)n2)CCC1=O. The molecule has 1 aliphatic heterocycles. The van der Waals surface area contributed by atoms with Crippen LogP contribution in [0.15, 0.2) is 59.1 Å². The number of nitrogens with one attached hydrogen (secondary N) is 1. The van der Waals surface area contributed by atoms with Crippen LogP contribution in [0.3, 0.4) is 0 Å². The lowest BCUT2D eigenvalue weighted by Crippen LogP contribution is -2.45. The molecule has 1 saturated heterocycles. The number of aromatic nitrogens is 2. The van der Waals surface area contributed by atoms with E-state index in [1.54, 1.807) is 12.0 Å². The van der Waals surface area contributed by atoms with E-state index in [-0.39, 0.29) is 24.3 Å². The van der Waals surface area contributed by atoms with Gasteiger partial charge in [-0.25, -0.2) is 0 Å². The Kier molecular flexibility index (Phi) is 6.26. The van der Waals surface area contributed by atoms with Gasteiger partial charge in [0.25, 0.3) is 5.89 Å². The van der Waals surface area contributed by atoms with E-state index in [0.29, 0.717) is 37.6 Å². The molecule has 1 N–H and O–H groups in total. The lowest BCUT2D eigenvalue weighted by atomic mass is 9.96. The molecule has 1 aromatic heterocycles. The molecule has 1 aliphatic rings.